The van der Waals surface area contributed by atoms with Crippen molar-refractivity contribution < 1.29 is 9.66 Å². The molecular weight excluding hydrogens is 274 g/mol. The third kappa shape index (κ3) is 4.01. The van der Waals surface area contributed by atoms with Crippen molar-refractivity contribution in [1.29, 1.82) is 0 Å². The van der Waals surface area contributed by atoms with Crippen LogP contribution >= 0.6 is 0 Å². The molecule has 8 nitrogen and oxygen atoms in total. The maximum absolute atomic E-state index is 11.1. The van der Waals surface area contributed by atoms with E-state index in [4.69, 9.17) is 4.74 Å². The van der Waals surface area contributed by atoms with E-state index in [0.29, 0.717) is 18.4 Å². The van der Waals surface area contributed by atoms with Gasteiger partial charge in [0.2, 0.25) is 11.8 Å². The van der Waals surface area contributed by atoms with Gasteiger partial charge in [0, 0.05) is 25.8 Å². The molecule has 1 unspecified atom stereocenters. The van der Waals surface area contributed by atoms with E-state index in [9.17, 15) is 10.1 Å². The second-order valence-corrected chi connectivity index (χ2v) is 5.10. The monoisotopic (exact) mass is 295 g/mol. The molecule has 8 heteroatoms. The molecule has 1 saturated heterocycles. The number of nitrogens with zero attached hydrogens (tertiary/aromatic N) is 3. The lowest BCUT2D eigenvalue weighted by Crippen LogP contribution is -2.31. The SMILES string of the molecule is CCNc1ncc([N+](=O)[O-])c(NC(C)C2CCOCC2)n1. The number of rotatable bonds is 6. The second-order valence-electron chi connectivity index (χ2n) is 5.10. The predicted molar refractivity (Wildman–Crippen MR) is 79.5 cm³/mol. The lowest BCUT2D eigenvalue weighted by molar-refractivity contribution is -0.384. The fourth-order valence-electron chi connectivity index (χ4n) is 2.41. The van der Waals surface area contributed by atoms with Crippen LogP contribution in [0, 0.1) is 16.0 Å². The van der Waals surface area contributed by atoms with Gasteiger partial charge in [-0.05, 0) is 32.6 Å². The predicted octanol–water partition coefficient (Wildman–Crippen LogP) is 2.04. The van der Waals surface area contributed by atoms with Gasteiger partial charge in [-0.1, -0.05) is 0 Å². The fraction of sp³-hybridized carbons (Fsp3) is 0.692. The fourth-order valence-corrected chi connectivity index (χ4v) is 2.41. The van der Waals surface area contributed by atoms with Gasteiger partial charge in [-0.2, -0.15) is 4.98 Å². The molecule has 0 amide bonds. The Morgan fingerprint density at radius 3 is 2.86 bits per heavy atom. The Morgan fingerprint density at radius 2 is 2.24 bits per heavy atom. The Labute approximate surface area is 123 Å². The highest BCUT2D eigenvalue weighted by atomic mass is 16.6. The Kier molecular flexibility index (Phi) is 5.26. The first kappa shape index (κ1) is 15.4. The van der Waals surface area contributed by atoms with Crippen LogP contribution < -0.4 is 10.6 Å². The highest BCUT2D eigenvalue weighted by Gasteiger charge is 2.24. The summed E-state index contributed by atoms with van der Waals surface area (Å²) in [5, 5.41) is 17.2. The molecule has 0 bridgehead atoms. The second kappa shape index (κ2) is 7.16. The van der Waals surface area contributed by atoms with Crippen molar-refractivity contribution >= 4 is 17.5 Å². The number of hydrogen-bond donors (Lipinski definition) is 2. The summed E-state index contributed by atoms with van der Waals surface area (Å²) in [5.74, 6) is 1.09. The van der Waals surface area contributed by atoms with Gasteiger partial charge in [-0.25, -0.2) is 4.98 Å². The molecule has 2 rings (SSSR count). The van der Waals surface area contributed by atoms with Gasteiger partial charge >= 0.3 is 5.69 Å². The first-order valence-electron chi connectivity index (χ1n) is 7.21. The van der Waals surface area contributed by atoms with Crippen molar-refractivity contribution in [3.8, 4) is 0 Å². The molecule has 1 aliphatic heterocycles. The minimum absolute atomic E-state index is 0.0944. The van der Waals surface area contributed by atoms with Crippen LogP contribution in [0.2, 0.25) is 0 Å². The molecule has 21 heavy (non-hydrogen) atoms. The normalized spacial score (nSPS) is 17.2. The lowest BCUT2D eigenvalue weighted by atomic mass is 9.93. The minimum Gasteiger partial charge on any atom is -0.381 e. The average Bonchev–Trinajstić information content (AvgIpc) is 2.48. The summed E-state index contributed by atoms with van der Waals surface area (Å²) in [6.45, 7) is 6.08. The molecule has 1 atom stereocenters. The molecule has 2 N–H and O–H groups in total. The Balaban J connectivity index is 2.15. The van der Waals surface area contributed by atoms with E-state index < -0.39 is 4.92 Å². The number of anilines is 2. The van der Waals surface area contributed by atoms with Gasteiger partial charge in [0.1, 0.15) is 6.20 Å². The van der Waals surface area contributed by atoms with E-state index in [0.717, 1.165) is 26.1 Å². The zero-order chi connectivity index (χ0) is 15.2. The van der Waals surface area contributed by atoms with E-state index in [1.54, 1.807) is 0 Å². The van der Waals surface area contributed by atoms with Crippen LogP contribution in [0.15, 0.2) is 6.20 Å². The molecule has 0 spiro atoms. The maximum Gasteiger partial charge on any atom is 0.329 e. The molecule has 0 radical (unpaired) electrons. The summed E-state index contributed by atoms with van der Waals surface area (Å²) in [7, 11) is 0. The van der Waals surface area contributed by atoms with Crippen LogP contribution in [0.25, 0.3) is 0 Å². The Bertz CT molecular complexity index is 491. The van der Waals surface area contributed by atoms with E-state index in [-0.39, 0.29) is 17.5 Å². The third-order valence-electron chi connectivity index (χ3n) is 3.64. The first-order chi connectivity index (χ1) is 10.1. The highest BCUT2D eigenvalue weighted by Crippen LogP contribution is 2.26. The van der Waals surface area contributed by atoms with E-state index in [2.05, 4.69) is 20.6 Å². The first-order valence-corrected chi connectivity index (χ1v) is 7.21. The molecule has 0 aromatic carbocycles. The molecule has 1 aromatic heterocycles. The van der Waals surface area contributed by atoms with Gasteiger partial charge in [0.15, 0.2) is 0 Å². The zero-order valence-electron chi connectivity index (χ0n) is 12.3. The molecule has 0 aliphatic carbocycles. The van der Waals surface area contributed by atoms with Crippen molar-refractivity contribution in [2.75, 3.05) is 30.4 Å². The van der Waals surface area contributed by atoms with Gasteiger partial charge in [-0.3, -0.25) is 10.1 Å². The molecule has 1 aromatic rings. The molecule has 1 fully saturated rings. The van der Waals surface area contributed by atoms with Gasteiger partial charge in [0.25, 0.3) is 0 Å². The molecule has 0 saturated carbocycles. The van der Waals surface area contributed by atoms with Gasteiger partial charge < -0.3 is 15.4 Å². The smallest absolute Gasteiger partial charge is 0.329 e. The summed E-state index contributed by atoms with van der Waals surface area (Å²) >= 11 is 0. The Morgan fingerprint density at radius 1 is 1.52 bits per heavy atom. The number of aromatic nitrogens is 2. The van der Waals surface area contributed by atoms with Crippen molar-refractivity contribution in [3.63, 3.8) is 0 Å². The number of hydrogen-bond acceptors (Lipinski definition) is 7. The van der Waals surface area contributed by atoms with Crippen LogP contribution in [0.3, 0.4) is 0 Å². The van der Waals surface area contributed by atoms with Gasteiger partial charge in [0.05, 0.1) is 4.92 Å². The topological polar surface area (TPSA) is 102 Å². The minimum atomic E-state index is -0.464. The Hall–Kier alpha value is -1.96. The van der Waals surface area contributed by atoms with E-state index in [1.807, 2.05) is 13.8 Å². The van der Waals surface area contributed by atoms with Crippen molar-refractivity contribution in [1.82, 2.24) is 9.97 Å². The van der Waals surface area contributed by atoms with Crippen LogP contribution in [0.4, 0.5) is 17.5 Å². The zero-order valence-corrected chi connectivity index (χ0v) is 12.3. The largest absolute Gasteiger partial charge is 0.381 e. The average molecular weight is 295 g/mol. The van der Waals surface area contributed by atoms with Crippen LogP contribution in [-0.4, -0.2) is 40.7 Å². The van der Waals surface area contributed by atoms with Crippen LogP contribution in [-0.2, 0) is 4.74 Å². The van der Waals surface area contributed by atoms with Crippen molar-refractivity contribution in [2.24, 2.45) is 5.92 Å². The molecule has 2 heterocycles. The van der Waals surface area contributed by atoms with Crippen LogP contribution in [0.1, 0.15) is 26.7 Å². The van der Waals surface area contributed by atoms with E-state index >= 15 is 0 Å². The molecule has 116 valence electrons. The summed E-state index contributed by atoms with van der Waals surface area (Å²) < 4.78 is 5.34. The quantitative estimate of drug-likeness (QED) is 0.611. The molecular formula is C13H21N5O3. The highest BCUT2D eigenvalue weighted by molar-refractivity contribution is 5.57. The van der Waals surface area contributed by atoms with Crippen LogP contribution in [0.5, 0.6) is 0 Å². The summed E-state index contributed by atoms with van der Waals surface area (Å²) in [6.07, 6.45) is 3.14. The number of nitro groups is 1. The maximum atomic E-state index is 11.1. The van der Waals surface area contributed by atoms with Crippen molar-refractivity contribution in [3.05, 3.63) is 16.3 Å². The van der Waals surface area contributed by atoms with Crippen molar-refractivity contribution in [2.45, 2.75) is 32.7 Å². The lowest BCUT2D eigenvalue weighted by Gasteiger charge is -2.28. The molecule has 1 aliphatic rings. The summed E-state index contributed by atoms with van der Waals surface area (Å²) in [6, 6.07) is 0.0944. The number of nitrogens with one attached hydrogen (secondary N) is 2. The standard InChI is InChI=1S/C13H21N5O3/c1-3-14-13-15-8-11(18(19)20)12(17-13)16-9(2)10-4-6-21-7-5-10/h8-10H,3-7H2,1-2H3,(H2,14,15,16,17). The number of ether oxygens (including phenoxy) is 1. The van der Waals surface area contributed by atoms with E-state index in [1.165, 1.54) is 6.20 Å². The van der Waals surface area contributed by atoms with Gasteiger partial charge in [-0.15, -0.1) is 0 Å². The summed E-state index contributed by atoms with van der Waals surface area (Å²) in [5.41, 5.74) is -0.101. The third-order valence-corrected chi connectivity index (χ3v) is 3.64. The summed E-state index contributed by atoms with van der Waals surface area (Å²) in [4.78, 5) is 18.8.